The monoisotopic (exact) mass is 396 g/mol. The molecule has 0 N–H and O–H groups in total. The Kier molecular flexibility index (Phi) is 3.91. The van der Waals surface area contributed by atoms with Crippen molar-refractivity contribution in [3.05, 3.63) is 53.3 Å². The topological polar surface area (TPSA) is 72.1 Å². The first-order chi connectivity index (χ1) is 13.6. The molecule has 2 aliphatic carbocycles. The number of hydrogen-bond donors (Lipinski definition) is 0. The van der Waals surface area contributed by atoms with E-state index >= 15 is 0 Å². The summed E-state index contributed by atoms with van der Waals surface area (Å²) in [6.07, 6.45) is 6.41. The Hall–Kier alpha value is -2.86. The largest absolute Gasteiger partial charge is 0.496 e. The highest BCUT2D eigenvalue weighted by atomic mass is 35.5. The van der Waals surface area contributed by atoms with Crippen LogP contribution in [0.15, 0.2) is 52.0 Å². The minimum atomic E-state index is -0.262. The summed E-state index contributed by atoms with van der Waals surface area (Å²) in [5, 5.41) is 5.70. The lowest BCUT2D eigenvalue weighted by Crippen LogP contribution is -2.28. The lowest BCUT2D eigenvalue weighted by molar-refractivity contribution is -0.140. The zero-order valence-corrected chi connectivity index (χ0v) is 15.8. The van der Waals surface area contributed by atoms with Gasteiger partial charge in [0.2, 0.25) is 0 Å². The maximum atomic E-state index is 12.7. The van der Waals surface area contributed by atoms with Crippen molar-refractivity contribution in [3.8, 4) is 17.1 Å². The fraction of sp³-hybridized carbons (Fsp3) is 0.286. The number of halogens is 1. The van der Waals surface area contributed by atoms with E-state index < -0.39 is 0 Å². The van der Waals surface area contributed by atoms with Crippen LogP contribution in [0, 0.1) is 23.7 Å². The number of hydrogen-bond acceptors (Lipinski definition) is 5. The molecule has 2 fully saturated rings. The first-order valence-electron chi connectivity index (χ1n) is 9.10. The van der Waals surface area contributed by atoms with Crippen LogP contribution in [0.1, 0.15) is 12.2 Å². The fourth-order valence-electron chi connectivity index (χ4n) is 4.55. The quantitative estimate of drug-likeness (QED) is 0.448. The number of allylic oxidation sites excluding steroid dienone is 2. The third kappa shape index (κ3) is 2.52. The molecule has 142 valence electrons. The molecule has 2 aromatic rings. The Balaban J connectivity index is 1.38. The molecule has 2 bridgehead atoms. The van der Waals surface area contributed by atoms with E-state index in [0.717, 1.165) is 11.4 Å². The third-order valence-corrected chi connectivity index (χ3v) is 6.04. The summed E-state index contributed by atoms with van der Waals surface area (Å²) >= 11 is 6.07. The number of nitrogens with zero attached hydrogens (tertiary/aromatic N) is 2. The van der Waals surface area contributed by atoms with Gasteiger partial charge in [-0.25, -0.2) is 0 Å². The normalized spacial score (nSPS) is 28.0. The molecule has 7 heteroatoms. The number of carbonyl (C=O) groups is 2. The summed E-state index contributed by atoms with van der Waals surface area (Å²) in [7, 11) is 1.57. The van der Waals surface area contributed by atoms with Gasteiger partial charge in [0.1, 0.15) is 17.3 Å². The van der Waals surface area contributed by atoms with Crippen molar-refractivity contribution in [2.45, 2.75) is 6.42 Å². The van der Waals surface area contributed by atoms with Crippen LogP contribution < -0.4 is 4.74 Å². The Morgan fingerprint density at radius 1 is 1.14 bits per heavy atom. The maximum Gasteiger partial charge on any atom is 0.254 e. The number of furan rings is 1. The lowest BCUT2D eigenvalue weighted by Gasteiger charge is -2.13. The molecule has 4 atom stereocenters. The average Bonchev–Trinajstić information content (AvgIpc) is 3.46. The summed E-state index contributed by atoms with van der Waals surface area (Å²) in [5.74, 6) is 0.981. The maximum absolute atomic E-state index is 12.7. The van der Waals surface area contributed by atoms with Crippen molar-refractivity contribution in [1.82, 2.24) is 5.01 Å². The molecule has 1 aromatic carbocycles. The number of imide groups is 1. The van der Waals surface area contributed by atoms with Crippen LogP contribution in [0.3, 0.4) is 0 Å². The minimum Gasteiger partial charge on any atom is -0.496 e. The van der Waals surface area contributed by atoms with Gasteiger partial charge >= 0.3 is 0 Å². The molecular weight excluding hydrogens is 380 g/mol. The molecule has 1 aliphatic heterocycles. The SMILES string of the molecule is COc1ccc(Cl)cc1-c1ccc(/C=N\N2C(=O)[C@H]3[C@H](C2=O)[C@H]2C=C[C@H]3C2)o1. The lowest BCUT2D eigenvalue weighted by atomic mass is 9.85. The zero-order chi connectivity index (χ0) is 19.4. The molecule has 0 unspecified atom stereocenters. The predicted octanol–water partition coefficient (Wildman–Crippen LogP) is 3.75. The molecule has 0 radical (unpaired) electrons. The molecule has 28 heavy (non-hydrogen) atoms. The van der Waals surface area contributed by atoms with Gasteiger partial charge in [-0.1, -0.05) is 23.8 Å². The van der Waals surface area contributed by atoms with Crippen LogP contribution >= 0.6 is 11.6 Å². The molecule has 3 aliphatic rings. The second kappa shape index (κ2) is 6.34. The second-order valence-electron chi connectivity index (χ2n) is 7.28. The van der Waals surface area contributed by atoms with Gasteiger partial charge in [-0.3, -0.25) is 9.59 Å². The van der Waals surface area contributed by atoms with E-state index in [2.05, 4.69) is 17.3 Å². The zero-order valence-electron chi connectivity index (χ0n) is 15.0. The molecule has 2 amide bonds. The van der Waals surface area contributed by atoms with Crippen molar-refractivity contribution in [2.24, 2.45) is 28.8 Å². The number of rotatable bonds is 4. The first kappa shape index (κ1) is 17.3. The Labute approximate surface area is 166 Å². The van der Waals surface area contributed by atoms with Crippen molar-refractivity contribution >= 4 is 29.6 Å². The molecule has 1 saturated heterocycles. The van der Waals surface area contributed by atoms with Gasteiger partial charge in [-0.05, 0) is 48.6 Å². The van der Waals surface area contributed by atoms with Crippen LogP contribution in [-0.2, 0) is 9.59 Å². The highest BCUT2D eigenvalue weighted by Crippen LogP contribution is 2.52. The second-order valence-corrected chi connectivity index (χ2v) is 7.72. The van der Waals surface area contributed by atoms with Gasteiger partial charge in [-0.2, -0.15) is 10.1 Å². The molecular formula is C21H17ClN2O4. The number of benzene rings is 1. The number of hydrazone groups is 1. The van der Waals surface area contributed by atoms with Crippen molar-refractivity contribution in [2.75, 3.05) is 7.11 Å². The standard InChI is InChI=1S/C21H17ClN2O4/c1-27-16-6-4-13(22)9-15(16)17-7-5-14(28-17)10-23-24-20(25)18-11-2-3-12(8-11)19(18)21(24)26/h2-7,9-12,18-19H,8H2,1H3/b23-10-/t11-,12-,18+,19+/m0/s1. The first-order valence-corrected chi connectivity index (χ1v) is 9.48. The molecule has 5 rings (SSSR count). The van der Waals surface area contributed by atoms with Gasteiger partial charge in [-0.15, -0.1) is 0 Å². The van der Waals surface area contributed by atoms with Gasteiger partial charge in [0, 0.05) is 5.02 Å². The molecule has 0 spiro atoms. The average molecular weight is 397 g/mol. The van der Waals surface area contributed by atoms with Crippen LogP contribution in [0.25, 0.3) is 11.3 Å². The van der Waals surface area contributed by atoms with Crippen LogP contribution in [-0.4, -0.2) is 30.1 Å². The van der Waals surface area contributed by atoms with Crippen LogP contribution in [0.5, 0.6) is 5.75 Å². The fourth-order valence-corrected chi connectivity index (χ4v) is 4.73. The number of carbonyl (C=O) groups excluding carboxylic acids is 2. The number of fused-ring (bicyclic) bond motifs is 5. The summed E-state index contributed by atoms with van der Waals surface area (Å²) in [6.45, 7) is 0. The summed E-state index contributed by atoms with van der Waals surface area (Å²) in [6, 6.07) is 8.73. The van der Waals surface area contributed by atoms with E-state index in [-0.39, 0.29) is 35.5 Å². The van der Waals surface area contributed by atoms with Gasteiger partial charge in [0.05, 0.1) is 30.7 Å². The van der Waals surface area contributed by atoms with Crippen molar-refractivity contribution < 1.29 is 18.7 Å². The van der Waals surface area contributed by atoms with Gasteiger partial charge in [0.15, 0.2) is 0 Å². The van der Waals surface area contributed by atoms with Crippen LogP contribution in [0.4, 0.5) is 0 Å². The Morgan fingerprint density at radius 3 is 2.54 bits per heavy atom. The highest BCUT2D eigenvalue weighted by molar-refractivity contribution is 6.31. The Bertz CT molecular complexity index is 1010. The third-order valence-electron chi connectivity index (χ3n) is 5.80. The number of ether oxygens (including phenoxy) is 1. The predicted molar refractivity (Wildman–Crippen MR) is 103 cm³/mol. The van der Waals surface area contributed by atoms with Gasteiger partial charge < -0.3 is 9.15 Å². The molecule has 6 nitrogen and oxygen atoms in total. The summed E-state index contributed by atoms with van der Waals surface area (Å²) < 4.78 is 11.1. The van der Waals surface area contributed by atoms with E-state index in [4.69, 9.17) is 20.8 Å². The summed E-state index contributed by atoms with van der Waals surface area (Å²) in [5.41, 5.74) is 0.708. The van der Waals surface area contributed by atoms with E-state index in [1.807, 2.05) is 0 Å². The van der Waals surface area contributed by atoms with Crippen molar-refractivity contribution in [1.29, 1.82) is 0 Å². The number of amides is 2. The molecule has 1 saturated carbocycles. The number of methoxy groups -OCH3 is 1. The molecule has 1 aromatic heterocycles. The smallest absolute Gasteiger partial charge is 0.254 e. The van der Waals surface area contributed by atoms with E-state index in [1.165, 1.54) is 6.21 Å². The van der Waals surface area contributed by atoms with E-state index in [1.54, 1.807) is 37.4 Å². The molecule has 2 heterocycles. The highest BCUT2D eigenvalue weighted by Gasteiger charge is 2.59. The van der Waals surface area contributed by atoms with E-state index in [0.29, 0.717) is 27.9 Å². The van der Waals surface area contributed by atoms with E-state index in [9.17, 15) is 9.59 Å². The van der Waals surface area contributed by atoms with Gasteiger partial charge in [0.25, 0.3) is 11.8 Å². The summed E-state index contributed by atoms with van der Waals surface area (Å²) in [4.78, 5) is 25.3. The Morgan fingerprint density at radius 2 is 1.86 bits per heavy atom. The van der Waals surface area contributed by atoms with Crippen molar-refractivity contribution in [3.63, 3.8) is 0 Å². The van der Waals surface area contributed by atoms with Crippen LogP contribution in [0.2, 0.25) is 5.02 Å². The minimum absolute atomic E-state index is 0.164.